The minimum Gasteiger partial charge on any atom is -0.480 e. The number of benzene rings is 1. The number of halogens is 3. The molecule has 0 bridgehead atoms. The zero-order chi connectivity index (χ0) is 15.9. The molecule has 1 aromatic carbocycles. The number of amides is 2. The molecule has 0 radical (unpaired) electrons. The van der Waals surface area contributed by atoms with Gasteiger partial charge in [0.1, 0.15) is 13.1 Å². The average molecular weight is 304 g/mol. The van der Waals surface area contributed by atoms with Gasteiger partial charge in [0.05, 0.1) is 0 Å². The van der Waals surface area contributed by atoms with Gasteiger partial charge in [-0.1, -0.05) is 30.3 Å². The van der Waals surface area contributed by atoms with Gasteiger partial charge in [0.2, 0.25) is 0 Å². The van der Waals surface area contributed by atoms with Gasteiger partial charge in [-0.05, 0) is 12.0 Å². The Morgan fingerprint density at radius 1 is 1.19 bits per heavy atom. The lowest BCUT2D eigenvalue weighted by atomic mass is 10.1. The van der Waals surface area contributed by atoms with Crippen molar-refractivity contribution in [3.8, 4) is 0 Å². The Balaban J connectivity index is 2.50. The molecule has 0 atom stereocenters. The maximum absolute atomic E-state index is 12.3. The van der Waals surface area contributed by atoms with E-state index in [0.717, 1.165) is 5.56 Å². The van der Waals surface area contributed by atoms with Crippen LogP contribution in [0.2, 0.25) is 0 Å². The molecule has 0 saturated heterocycles. The van der Waals surface area contributed by atoms with Crippen LogP contribution in [0.1, 0.15) is 5.56 Å². The van der Waals surface area contributed by atoms with Gasteiger partial charge in [-0.25, -0.2) is 4.79 Å². The van der Waals surface area contributed by atoms with Crippen LogP contribution in [-0.2, 0) is 11.2 Å². The van der Waals surface area contributed by atoms with Crippen LogP contribution in [0.3, 0.4) is 0 Å². The molecule has 0 saturated carbocycles. The SMILES string of the molecule is O=C(O)CN(CC(F)(F)F)C(=O)NCCc1ccccc1. The third kappa shape index (κ3) is 7.19. The molecular weight excluding hydrogens is 289 g/mol. The molecular formula is C13H15F3N2O3. The number of rotatable bonds is 6. The van der Waals surface area contributed by atoms with Crippen LogP contribution in [-0.4, -0.2) is 47.8 Å². The molecule has 0 aliphatic carbocycles. The highest BCUT2D eigenvalue weighted by Gasteiger charge is 2.33. The highest BCUT2D eigenvalue weighted by atomic mass is 19.4. The van der Waals surface area contributed by atoms with Crippen LogP contribution in [0.25, 0.3) is 0 Å². The second kappa shape index (κ2) is 7.51. The Bertz CT molecular complexity index is 477. The summed E-state index contributed by atoms with van der Waals surface area (Å²) in [5.74, 6) is -1.50. The van der Waals surface area contributed by atoms with Crippen molar-refractivity contribution in [2.24, 2.45) is 0 Å². The quantitative estimate of drug-likeness (QED) is 0.843. The second-order valence-electron chi connectivity index (χ2n) is 4.33. The number of hydrogen-bond acceptors (Lipinski definition) is 2. The Kier molecular flexibility index (Phi) is 6.01. The summed E-state index contributed by atoms with van der Waals surface area (Å²) in [5.41, 5.74) is 0.915. The summed E-state index contributed by atoms with van der Waals surface area (Å²) in [5, 5.41) is 10.8. The molecule has 116 valence electrons. The first-order valence-electron chi connectivity index (χ1n) is 6.13. The molecule has 5 nitrogen and oxygen atoms in total. The van der Waals surface area contributed by atoms with Crippen molar-refractivity contribution in [2.45, 2.75) is 12.6 Å². The zero-order valence-corrected chi connectivity index (χ0v) is 11.1. The van der Waals surface area contributed by atoms with Crippen molar-refractivity contribution >= 4 is 12.0 Å². The smallest absolute Gasteiger partial charge is 0.406 e. The molecule has 0 aromatic heterocycles. The monoisotopic (exact) mass is 304 g/mol. The van der Waals surface area contributed by atoms with Gasteiger partial charge in [0.25, 0.3) is 0 Å². The van der Waals surface area contributed by atoms with Crippen molar-refractivity contribution < 1.29 is 27.9 Å². The molecule has 2 N–H and O–H groups in total. The maximum Gasteiger partial charge on any atom is 0.406 e. The lowest BCUT2D eigenvalue weighted by Gasteiger charge is -2.22. The van der Waals surface area contributed by atoms with Crippen molar-refractivity contribution in [3.63, 3.8) is 0 Å². The number of carboxylic acid groups (broad SMARTS) is 1. The molecule has 0 unspecified atom stereocenters. The summed E-state index contributed by atoms with van der Waals surface area (Å²) in [4.78, 5) is 22.3. The fourth-order valence-corrected chi connectivity index (χ4v) is 1.65. The normalized spacial score (nSPS) is 11.0. The van der Waals surface area contributed by atoms with Crippen LogP contribution in [0, 0.1) is 0 Å². The molecule has 0 aliphatic heterocycles. The zero-order valence-electron chi connectivity index (χ0n) is 11.1. The summed E-state index contributed by atoms with van der Waals surface area (Å²) >= 11 is 0. The van der Waals surface area contributed by atoms with Gasteiger partial charge in [0, 0.05) is 6.54 Å². The Labute approximate surface area is 119 Å². The Morgan fingerprint density at radius 2 is 1.81 bits per heavy atom. The van der Waals surface area contributed by atoms with E-state index >= 15 is 0 Å². The molecule has 21 heavy (non-hydrogen) atoms. The van der Waals surface area contributed by atoms with E-state index < -0.39 is 31.3 Å². The van der Waals surface area contributed by atoms with Crippen LogP contribution >= 0.6 is 0 Å². The lowest BCUT2D eigenvalue weighted by Crippen LogP contribution is -2.47. The number of carboxylic acids is 1. The molecule has 0 aliphatic rings. The number of nitrogens with one attached hydrogen (secondary N) is 1. The number of carbonyl (C=O) groups is 2. The number of aliphatic carboxylic acids is 1. The summed E-state index contributed by atoms with van der Waals surface area (Å²) < 4.78 is 36.9. The minimum absolute atomic E-state index is 0.122. The van der Waals surface area contributed by atoms with Crippen LogP contribution in [0.4, 0.5) is 18.0 Å². The van der Waals surface area contributed by atoms with Crippen molar-refractivity contribution in [1.82, 2.24) is 10.2 Å². The maximum atomic E-state index is 12.3. The minimum atomic E-state index is -4.65. The molecule has 0 heterocycles. The van der Waals surface area contributed by atoms with Gasteiger partial charge in [-0.3, -0.25) is 4.79 Å². The number of alkyl halides is 3. The standard InChI is InChI=1S/C13H15F3N2O3/c14-13(15,16)9-18(8-11(19)20)12(21)17-7-6-10-4-2-1-3-5-10/h1-5H,6-9H2,(H,17,21)(H,19,20). The van der Waals surface area contributed by atoms with Gasteiger partial charge in [-0.15, -0.1) is 0 Å². The second-order valence-corrected chi connectivity index (χ2v) is 4.33. The number of carbonyl (C=O) groups excluding carboxylic acids is 1. The van der Waals surface area contributed by atoms with Crippen molar-refractivity contribution in [1.29, 1.82) is 0 Å². The highest BCUT2D eigenvalue weighted by molar-refractivity contribution is 5.80. The summed E-state index contributed by atoms with van der Waals surface area (Å²) in [6.45, 7) is -2.48. The van der Waals surface area contributed by atoms with E-state index in [1.807, 2.05) is 18.2 Å². The molecule has 0 spiro atoms. The predicted octanol–water partition coefficient (Wildman–Crippen LogP) is 1.89. The molecule has 0 fully saturated rings. The van der Waals surface area contributed by atoms with E-state index in [1.165, 1.54) is 0 Å². The first kappa shape index (κ1) is 16.8. The third-order valence-electron chi connectivity index (χ3n) is 2.52. The van der Waals surface area contributed by atoms with Gasteiger partial charge in [0.15, 0.2) is 0 Å². The van der Waals surface area contributed by atoms with Crippen molar-refractivity contribution in [2.75, 3.05) is 19.6 Å². The number of hydrogen-bond donors (Lipinski definition) is 2. The molecule has 2 amide bonds. The van der Waals surface area contributed by atoms with Crippen LogP contribution in [0.15, 0.2) is 30.3 Å². The first-order valence-corrected chi connectivity index (χ1v) is 6.13. The third-order valence-corrected chi connectivity index (χ3v) is 2.52. The van der Waals surface area contributed by atoms with E-state index in [-0.39, 0.29) is 11.4 Å². The van der Waals surface area contributed by atoms with Gasteiger partial charge in [-0.2, -0.15) is 13.2 Å². The Morgan fingerprint density at radius 3 is 2.33 bits per heavy atom. The van der Waals surface area contributed by atoms with E-state index in [4.69, 9.17) is 5.11 Å². The lowest BCUT2D eigenvalue weighted by molar-refractivity contribution is -0.148. The molecule has 8 heteroatoms. The van der Waals surface area contributed by atoms with E-state index in [2.05, 4.69) is 5.32 Å². The largest absolute Gasteiger partial charge is 0.480 e. The topological polar surface area (TPSA) is 69.6 Å². The van der Waals surface area contributed by atoms with Crippen molar-refractivity contribution in [3.05, 3.63) is 35.9 Å². The number of nitrogens with zero attached hydrogens (tertiary/aromatic N) is 1. The molecule has 1 aromatic rings. The van der Waals surface area contributed by atoms with Crippen LogP contribution in [0.5, 0.6) is 0 Å². The van der Waals surface area contributed by atoms with E-state index in [9.17, 15) is 22.8 Å². The predicted molar refractivity (Wildman–Crippen MR) is 68.8 cm³/mol. The summed E-state index contributed by atoms with van der Waals surface area (Å²) in [7, 11) is 0. The molecule has 1 rings (SSSR count). The van der Waals surface area contributed by atoms with Gasteiger partial charge < -0.3 is 15.3 Å². The van der Waals surface area contributed by atoms with Crippen LogP contribution < -0.4 is 5.32 Å². The fourth-order valence-electron chi connectivity index (χ4n) is 1.65. The summed E-state index contributed by atoms with van der Waals surface area (Å²) in [6.07, 6.45) is -4.20. The van der Waals surface area contributed by atoms with Gasteiger partial charge >= 0.3 is 18.2 Å². The van der Waals surface area contributed by atoms with E-state index in [1.54, 1.807) is 12.1 Å². The summed E-state index contributed by atoms with van der Waals surface area (Å²) in [6, 6.07) is 8.01. The average Bonchev–Trinajstić information content (AvgIpc) is 2.37. The Hall–Kier alpha value is -2.25. The van der Waals surface area contributed by atoms with E-state index in [0.29, 0.717) is 6.42 Å². The highest BCUT2D eigenvalue weighted by Crippen LogP contribution is 2.16. The fraction of sp³-hybridized carbons (Fsp3) is 0.385. The number of urea groups is 1. The first-order chi connectivity index (χ1) is 9.78.